The van der Waals surface area contributed by atoms with Crippen LogP contribution in [0.5, 0.6) is 0 Å². The van der Waals surface area contributed by atoms with Gasteiger partial charge in [0.2, 0.25) is 5.91 Å². The minimum absolute atomic E-state index is 0.124. The number of amides is 2. The lowest BCUT2D eigenvalue weighted by molar-refractivity contribution is -0.138. The van der Waals surface area contributed by atoms with Crippen molar-refractivity contribution in [2.45, 2.75) is 44.9 Å². The van der Waals surface area contributed by atoms with Crippen molar-refractivity contribution in [2.75, 3.05) is 24.2 Å². The van der Waals surface area contributed by atoms with Crippen molar-refractivity contribution < 1.29 is 19.5 Å². The first-order valence-corrected chi connectivity index (χ1v) is 13.4. The fourth-order valence-corrected chi connectivity index (χ4v) is 4.81. The molecule has 0 saturated carbocycles. The molecule has 3 heterocycles. The Bertz CT molecular complexity index is 1560. The number of rotatable bonds is 12. The number of carbonyl (C=O) groups is 3. The predicted molar refractivity (Wildman–Crippen MR) is 157 cm³/mol. The summed E-state index contributed by atoms with van der Waals surface area (Å²) in [7, 11) is 1.62. The second kappa shape index (κ2) is 12.9. The number of anilines is 2. The Morgan fingerprint density at radius 1 is 0.976 bits per heavy atom. The van der Waals surface area contributed by atoms with E-state index in [9.17, 15) is 14.4 Å². The first-order valence-electron chi connectivity index (χ1n) is 13.4. The predicted octanol–water partition coefficient (Wildman–Crippen LogP) is 4.42. The largest absolute Gasteiger partial charge is 0.481 e. The number of pyridine rings is 2. The van der Waals surface area contributed by atoms with E-state index in [0.717, 1.165) is 34.9 Å². The molecule has 0 fully saturated rings. The van der Waals surface area contributed by atoms with Crippen LogP contribution in [0.1, 0.15) is 55.5 Å². The van der Waals surface area contributed by atoms with Gasteiger partial charge in [0.1, 0.15) is 18.0 Å². The highest BCUT2D eigenvalue weighted by molar-refractivity contribution is 6.06. The van der Waals surface area contributed by atoms with Gasteiger partial charge in [-0.25, -0.2) is 15.0 Å². The summed E-state index contributed by atoms with van der Waals surface area (Å²) in [6.45, 7) is 4.89. The van der Waals surface area contributed by atoms with Crippen LogP contribution in [0, 0.1) is 0 Å². The summed E-state index contributed by atoms with van der Waals surface area (Å²) in [5.74, 6) is -0.627. The number of carboxylic acid groups (broad SMARTS) is 1. The van der Waals surface area contributed by atoms with Crippen LogP contribution in [-0.4, -0.2) is 56.4 Å². The van der Waals surface area contributed by atoms with Crippen LogP contribution < -0.4 is 16.0 Å². The van der Waals surface area contributed by atoms with Crippen LogP contribution in [0.25, 0.3) is 22.2 Å². The highest BCUT2D eigenvalue weighted by atomic mass is 16.4. The molecule has 0 saturated heterocycles. The van der Waals surface area contributed by atoms with E-state index in [1.165, 1.54) is 6.33 Å². The summed E-state index contributed by atoms with van der Waals surface area (Å²) in [6.07, 6.45) is 6.20. The number of para-hydroxylation sites is 1. The third-order valence-corrected chi connectivity index (χ3v) is 6.91. The molecule has 0 spiro atoms. The average molecular weight is 556 g/mol. The Kier molecular flexibility index (Phi) is 9.18. The maximum Gasteiger partial charge on any atom is 0.303 e. The summed E-state index contributed by atoms with van der Waals surface area (Å²) in [4.78, 5) is 52.7. The van der Waals surface area contributed by atoms with E-state index < -0.39 is 11.9 Å². The van der Waals surface area contributed by atoms with Crippen molar-refractivity contribution in [1.29, 1.82) is 0 Å². The standard InChI is InChI=1S/C30H33N7O4/c1-4-13-30(2,22-7-5-6-20-21(29(41)31-3)12-14-32-28(20)22)17-34-25-15-23(35-18-36-25)19-8-9-24(33-16-19)37-26(38)10-11-27(39)40/h5-9,12,14-16,18H,4,10-11,13,17H2,1-3H3,(H,31,41)(H,39,40)(H,33,37,38)(H,34,35,36). The third kappa shape index (κ3) is 6.99. The molecule has 11 heteroatoms. The second-order valence-corrected chi connectivity index (χ2v) is 9.97. The van der Waals surface area contributed by atoms with Crippen molar-refractivity contribution in [1.82, 2.24) is 25.3 Å². The van der Waals surface area contributed by atoms with Gasteiger partial charge in [-0.05, 0) is 30.2 Å². The molecule has 2 amide bonds. The number of hydrogen-bond acceptors (Lipinski definition) is 8. The number of fused-ring (bicyclic) bond motifs is 1. The quantitative estimate of drug-likeness (QED) is 0.198. The molecule has 212 valence electrons. The molecule has 0 radical (unpaired) electrons. The lowest BCUT2D eigenvalue weighted by Gasteiger charge is -2.31. The number of nitrogens with one attached hydrogen (secondary N) is 3. The van der Waals surface area contributed by atoms with Gasteiger partial charge in [-0.2, -0.15) is 0 Å². The molecular weight excluding hydrogens is 522 g/mol. The molecule has 4 rings (SSSR count). The molecule has 0 aliphatic heterocycles. The number of carbonyl (C=O) groups excluding carboxylic acids is 2. The highest BCUT2D eigenvalue weighted by Crippen LogP contribution is 2.35. The van der Waals surface area contributed by atoms with Crippen LogP contribution in [0.2, 0.25) is 0 Å². The van der Waals surface area contributed by atoms with Gasteiger partial charge < -0.3 is 21.1 Å². The summed E-state index contributed by atoms with van der Waals surface area (Å²) < 4.78 is 0. The van der Waals surface area contributed by atoms with Gasteiger partial charge in [0.25, 0.3) is 5.91 Å². The van der Waals surface area contributed by atoms with Gasteiger partial charge in [0, 0.05) is 54.8 Å². The van der Waals surface area contributed by atoms with E-state index in [0.29, 0.717) is 29.4 Å². The van der Waals surface area contributed by atoms with Crippen molar-refractivity contribution in [3.05, 3.63) is 72.3 Å². The Morgan fingerprint density at radius 3 is 2.51 bits per heavy atom. The Labute approximate surface area is 237 Å². The molecule has 0 aliphatic rings. The first kappa shape index (κ1) is 29.1. The smallest absolute Gasteiger partial charge is 0.303 e. The molecule has 1 aromatic carbocycles. The monoisotopic (exact) mass is 555 g/mol. The molecule has 4 aromatic rings. The number of hydrogen-bond donors (Lipinski definition) is 4. The number of benzene rings is 1. The summed E-state index contributed by atoms with van der Waals surface area (Å²) in [6, 6.07) is 12.9. The zero-order valence-electron chi connectivity index (χ0n) is 23.3. The molecule has 4 N–H and O–H groups in total. The SMILES string of the molecule is CCCC(C)(CNc1cc(-c2ccc(NC(=O)CCC(=O)O)nc2)ncn1)c1cccc2c(C(=O)NC)ccnc12. The normalized spacial score (nSPS) is 12.4. The topological polar surface area (TPSA) is 159 Å². The fourth-order valence-electron chi connectivity index (χ4n) is 4.81. The Hall–Kier alpha value is -4.93. The minimum Gasteiger partial charge on any atom is -0.481 e. The van der Waals surface area contributed by atoms with Gasteiger partial charge in [-0.1, -0.05) is 38.5 Å². The van der Waals surface area contributed by atoms with Crippen LogP contribution in [0.4, 0.5) is 11.6 Å². The molecule has 1 unspecified atom stereocenters. The number of aliphatic carboxylic acids is 1. The summed E-state index contributed by atoms with van der Waals surface area (Å²) in [5, 5.41) is 18.3. The molecule has 3 aromatic heterocycles. The van der Waals surface area contributed by atoms with Crippen LogP contribution in [0.3, 0.4) is 0 Å². The van der Waals surface area contributed by atoms with Crippen molar-refractivity contribution in [3.8, 4) is 11.3 Å². The van der Waals surface area contributed by atoms with E-state index in [2.05, 4.69) is 55.8 Å². The number of carboxylic acids is 1. The van der Waals surface area contributed by atoms with E-state index in [-0.39, 0.29) is 24.2 Å². The van der Waals surface area contributed by atoms with Gasteiger partial charge in [0.15, 0.2) is 0 Å². The van der Waals surface area contributed by atoms with Crippen molar-refractivity contribution >= 4 is 40.3 Å². The molecule has 11 nitrogen and oxygen atoms in total. The summed E-state index contributed by atoms with van der Waals surface area (Å²) in [5.41, 5.74) is 3.51. The van der Waals surface area contributed by atoms with Gasteiger partial charge in [-0.3, -0.25) is 19.4 Å². The molecule has 0 aliphatic carbocycles. The molecule has 0 bridgehead atoms. The Morgan fingerprint density at radius 2 is 1.80 bits per heavy atom. The zero-order valence-corrected chi connectivity index (χ0v) is 23.3. The van der Waals surface area contributed by atoms with E-state index >= 15 is 0 Å². The number of aromatic nitrogens is 4. The third-order valence-electron chi connectivity index (χ3n) is 6.91. The lowest BCUT2D eigenvalue weighted by Crippen LogP contribution is -2.32. The van der Waals surface area contributed by atoms with E-state index in [4.69, 9.17) is 5.11 Å². The van der Waals surface area contributed by atoms with Crippen LogP contribution >= 0.6 is 0 Å². The first-order chi connectivity index (χ1) is 19.7. The van der Waals surface area contributed by atoms with Crippen LogP contribution in [0.15, 0.2) is 61.2 Å². The molecule has 41 heavy (non-hydrogen) atoms. The van der Waals surface area contributed by atoms with E-state index in [1.54, 1.807) is 37.6 Å². The van der Waals surface area contributed by atoms with Crippen molar-refractivity contribution in [3.63, 3.8) is 0 Å². The molecule has 1 atom stereocenters. The highest BCUT2D eigenvalue weighted by Gasteiger charge is 2.29. The Balaban J connectivity index is 1.53. The van der Waals surface area contributed by atoms with Gasteiger partial charge in [-0.15, -0.1) is 0 Å². The maximum absolute atomic E-state index is 12.5. The second-order valence-electron chi connectivity index (χ2n) is 9.97. The van der Waals surface area contributed by atoms with E-state index in [1.807, 2.05) is 18.2 Å². The van der Waals surface area contributed by atoms with Crippen LogP contribution in [-0.2, 0) is 15.0 Å². The number of nitrogens with zero attached hydrogens (tertiary/aromatic N) is 4. The molecular formula is C30H33N7O4. The van der Waals surface area contributed by atoms with Gasteiger partial charge in [0.05, 0.1) is 23.2 Å². The minimum atomic E-state index is -1.03. The fraction of sp³-hybridized carbons (Fsp3) is 0.300. The van der Waals surface area contributed by atoms with Gasteiger partial charge >= 0.3 is 5.97 Å². The maximum atomic E-state index is 12.5. The lowest BCUT2D eigenvalue weighted by atomic mass is 9.77. The summed E-state index contributed by atoms with van der Waals surface area (Å²) >= 11 is 0. The average Bonchev–Trinajstić information content (AvgIpc) is 2.98. The van der Waals surface area contributed by atoms with Crippen molar-refractivity contribution in [2.24, 2.45) is 0 Å². The zero-order chi connectivity index (χ0) is 29.4.